The van der Waals surface area contributed by atoms with E-state index >= 15 is 0 Å². The molecular weight excluding hydrogens is 206 g/mol. The molecule has 1 amide bonds. The van der Waals surface area contributed by atoms with Gasteiger partial charge in [0.2, 0.25) is 5.91 Å². The SMILES string of the molecule is CC/C=C(\C)C(=O)N(CC(=O)O)CC1CC1. The minimum absolute atomic E-state index is 0.142. The van der Waals surface area contributed by atoms with Crippen LogP contribution in [0.1, 0.15) is 33.1 Å². The van der Waals surface area contributed by atoms with Crippen molar-refractivity contribution in [2.45, 2.75) is 33.1 Å². The minimum atomic E-state index is -0.946. The van der Waals surface area contributed by atoms with E-state index in [4.69, 9.17) is 5.11 Å². The fraction of sp³-hybridized carbons (Fsp3) is 0.667. The van der Waals surface area contributed by atoms with Gasteiger partial charge in [-0.3, -0.25) is 9.59 Å². The van der Waals surface area contributed by atoms with E-state index < -0.39 is 5.97 Å². The molecule has 0 aromatic heterocycles. The van der Waals surface area contributed by atoms with Crippen LogP contribution in [-0.2, 0) is 9.59 Å². The predicted molar refractivity (Wildman–Crippen MR) is 61.0 cm³/mol. The molecule has 1 saturated carbocycles. The summed E-state index contributed by atoms with van der Waals surface area (Å²) in [6.45, 7) is 4.09. The highest BCUT2D eigenvalue weighted by atomic mass is 16.4. The maximum Gasteiger partial charge on any atom is 0.323 e. The molecule has 4 nitrogen and oxygen atoms in total. The zero-order chi connectivity index (χ0) is 12.1. The summed E-state index contributed by atoms with van der Waals surface area (Å²) in [6.07, 6.45) is 4.85. The second-order valence-corrected chi connectivity index (χ2v) is 4.32. The van der Waals surface area contributed by atoms with Crippen LogP contribution in [0.2, 0.25) is 0 Å². The van der Waals surface area contributed by atoms with Crippen LogP contribution in [-0.4, -0.2) is 35.0 Å². The highest BCUT2D eigenvalue weighted by Crippen LogP contribution is 2.30. The molecule has 1 rings (SSSR count). The Hall–Kier alpha value is -1.32. The molecule has 90 valence electrons. The van der Waals surface area contributed by atoms with E-state index in [1.807, 2.05) is 13.0 Å². The predicted octanol–water partition coefficient (Wildman–Crippen LogP) is 1.67. The maximum absolute atomic E-state index is 11.9. The Morgan fingerprint density at radius 1 is 1.44 bits per heavy atom. The number of hydrogen-bond acceptors (Lipinski definition) is 2. The summed E-state index contributed by atoms with van der Waals surface area (Å²) in [4.78, 5) is 24.1. The molecule has 1 N–H and O–H groups in total. The molecule has 0 aromatic carbocycles. The molecule has 1 fully saturated rings. The molecule has 0 radical (unpaired) electrons. The van der Waals surface area contributed by atoms with Gasteiger partial charge in [0, 0.05) is 12.1 Å². The summed E-state index contributed by atoms with van der Waals surface area (Å²) >= 11 is 0. The lowest BCUT2D eigenvalue weighted by Gasteiger charge is -2.20. The van der Waals surface area contributed by atoms with E-state index in [1.165, 1.54) is 4.90 Å². The first-order valence-corrected chi connectivity index (χ1v) is 5.72. The van der Waals surface area contributed by atoms with E-state index in [9.17, 15) is 9.59 Å². The van der Waals surface area contributed by atoms with Gasteiger partial charge < -0.3 is 10.0 Å². The smallest absolute Gasteiger partial charge is 0.323 e. The molecule has 0 unspecified atom stereocenters. The van der Waals surface area contributed by atoms with Crippen LogP contribution in [0.15, 0.2) is 11.6 Å². The molecule has 0 aliphatic heterocycles. The number of carboxylic acid groups (broad SMARTS) is 1. The molecule has 0 atom stereocenters. The van der Waals surface area contributed by atoms with Gasteiger partial charge in [-0.05, 0) is 32.1 Å². The van der Waals surface area contributed by atoms with Crippen molar-refractivity contribution in [3.8, 4) is 0 Å². The zero-order valence-corrected chi connectivity index (χ0v) is 9.90. The number of nitrogens with zero attached hydrogens (tertiary/aromatic N) is 1. The second kappa shape index (κ2) is 5.68. The normalized spacial score (nSPS) is 16.0. The Bertz CT molecular complexity index is 305. The van der Waals surface area contributed by atoms with E-state index in [0.717, 1.165) is 19.3 Å². The Kier molecular flexibility index (Phi) is 4.52. The lowest BCUT2D eigenvalue weighted by atomic mass is 10.2. The molecule has 1 aliphatic carbocycles. The van der Waals surface area contributed by atoms with E-state index in [-0.39, 0.29) is 12.5 Å². The zero-order valence-electron chi connectivity index (χ0n) is 9.90. The first-order chi connectivity index (χ1) is 7.54. The summed E-state index contributed by atoms with van der Waals surface area (Å²) in [5.74, 6) is -0.577. The van der Waals surface area contributed by atoms with Gasteiger partial charge in [0.15, 0.2) is 0 Å². The molecule has 4 heteroatoms. The van der Waals surface area contributed by atoms with Crippen LogP contribution in [0.25, 0.3) is 0 Å². The van der Waals surface area contributed by atoms with Gasteiger partial charge in [-0.2, -0.15) is 0 Å². The first-order valence-electron chi connectivity index (χ1n) is 5.72. The standard InChI is InChI=1S/C12H19NO3/c1-3-4-9(2)12(16)13(8-11(14)15)7-10-5-6-10/h4,10H,3,5-8H2,1-2H3,(H,14,15)/b9-4+. The average Bonchev–Trinajstić information content (AvgIpc) is 2.99. The highest BCUT2D eigenvalue weighted by molar-refractivity contribution is 5.94. The van der Waals surface area contributed by atoms with Crippen molar-refractivity contribution in [1.29, 1.82) is 0 Å². The summed E-state index contributed by atoms with van der Waals surface area (Å²) < 4.78 is 0. The van der Waals surface area contributed by atoms with E-state index in [1.54, 1.807) is 6.92 Å². The number of rotatable bonds is 6. The van der Waals surface area contributed by atoms with Crippen LogP contribution < -0.4 is 0 Å². The monoisotopic (exact) mass is 225 g/mol. The molecule has 16 heavy (non-hydrogen) atoms. The molecule has 0 heterocycles. The Morgan fingerprint density at radius 2 is 2.06 bits per heavy atom. The van der Waals surface area contributed by atoms with Crippen molar-refractivity contribution in [1.82, 2.24) is 4.90 Å². The Balaban J connectivity index is 2.62. The number of amides is 1. The van der Waals surface area contributed by atoms with Crippen LogP contribution in [0.5, 0.6) is 0 Å². The van der Waals surface area contributed by atoms with Crippen molar-refractivity contribution >= 4 is 11.9 Å². The molecular formula is C12H19NO3. The van der Waals surface area contributed by atoms with Crippen LogP contribution in [0.4, 0.5) is 0 Å². The Labute approximate surface area is 95.9 Å². The largest absolute Gasteiger partial charge is 0.480 e. The van der Waals surface area contributed by atoms with Crippen LogP contribution >= 0.6 is 0 Å². The molecule has 0 spiro atoms. The summed E-state index contributed by atoms with van der Waals surface area (Å²) in [5.41, 5.74) is 0.643. The van der Waals surface area contributed by atoms with Crippen LogP contribution in [0, 0.1) is 5.92 Å². The topological polar surface area (TPSA) is 57.6 Å². The molecule has 1 aliphatic rings. The Morgan fingerprint density at radius 3 is 2.50 bits per heavy atom. The van der Waals surface area contributed by atoms with Gasteiger partial charge in [0.25, 0.3) is 0 Å². The van der Waals surface area contributed by atoms with Gasteiger partial charge in [-0.25, -0.2) is 0 Å². The maximum atomic E-state index is 11.9. The number of allylic oxidation sites excluding steroid dienone is 1. The molecule has 0 saturated heterocycles. The lowest BCUT2D eigenvalue weighted by molar-refractivity contribution is -0.143. The molecule has 0 aromatic rings. The lowest BCUT2D eigenvalue weighted by Crippen LogP contribution is -2.37. The molecule has 0 bridgehead atoms. The first kappa shape index (κ1) is 12.7. The van der Waals surface area contributed by atoms with Gasteiger partial charge in [-0.15, -0.1) is 0 Å². The van der Waals surface area contributed by atoms with Crippen molar-refractivity contribution in [3.63, 3.8) is 0 Å². The third-order valence-electron chi connectivity index (χ3n) is 2.64. The number of carbonyl (C=O) groups is 2. The number of carbonyl (C=O) groups excluding carboxylic acids is 1. The third kappa shape index (κ3) is 4.04. The van der Waals surface area contributed by atoms with Crippen molar-refractivity contribution in [3.05, 3.63) is 11.6 Å². The quantitative estimate of drug-likeness (QED) is 0.699. The highest BCUT2D eigenvalue weighted by Gasteiger charge is 2.28. The second-order valence-electron chi connectivity index (χ2n) is 4.32. The summed E-state index contributed by atoms with van der Waals surface area (Å²) in [7, 11) is 0. The number of carboxylic acids is 1. The average molecular weight is 225 g/mol. The fourth-order valence-corrected chi connectivity index (χ4v) is 1.64. The van der Waals surface area contributed by atoms with Gasteiger partial charge in [-0.1, -0.05) is 13.0 Å². The van der Waals surface area contributed by atoms with Crippen molar-refractivity contribution < 1.29 is 14.7 Å². The summed E-state index contributed by atoms with van der Waals surface area (Å²) in [5, 5.41) is 8.76. The van der Waals surface area contributed by atoms with Gasteiger partial charge in [0.1, 0.15) is 6.54 Å². The van der Waals surface area contributed by atoms with Crippen molar-refractivity contribution in [2.75, 3.05) is 13.1 Å². The minimum Gasteiger partial charge on any atom is -0.480 e. The van der Waals surface area contributed by atoms with E-state index in [2.05, 4.69) is 0 Å². The van der Waals surface area contributed by atoms with Crippen LogP contribution in [0.3, 0.4) is 0 Å². The fourth-order valence-electron chi connectivity index (χ4n) is 1.64. The van der Waals surface area contributed by atoms with Gasteiger partial charge in [0.05, 0.1) is 0 Å². The number of hydrogen-bond donors (Lipinski definition) is 1. The third-order valence-corrected chi connectivity index (χ3v) is 2.64. The van der Waals surface area contributed by atoms with E-state index in [0.29, 0.717) is 18.0 Å². The summed E-state index contributed by atoms with van der Waals surface area (Å²) in [6, 6.07) is 0. The van der Waals surface area contributed by atoms with Gasteiger partial charge >= 0.3 is 5.97 Å². The van der Waals surface area contributed by atoms with Crippen molar-refractivity contribution in [2.24, 2.45) is 5.92 Å². The number of aliphatic carboxylic acids is 1.